The molecule has 1 saturated heterocycles. The molecule has 2 amide bonds. The van der Waals surface area contributed by atoms with Crippen molar-refractivity contribution in [2.45, 2.75) is 6.42 Å². The second-order valence-corrected chi connectivity index (χ2v) is 5.34. The summed E-state index contributed by atoms with van der Waals surface area (Å²) in [7, 11) is 1.57. The number of rotatable bonds is 3. The van der Waals surface area contributed by atoms with Crippen molar-refractivity contribution in [3.63, 3.8) is 0 Å². The molecule has 0 aliphatic carbocycles. The van der Waals surface area contributed by atoms with E-state index in [-0.39, 0.29) is 17.7 Å². The molecule has 1 aromatic rings. The smallest absolute Gasteiger partial charge is 0.253 e. The molecule has 1 fully saturated rings. The first-order chi connectivity index (χ1) is 9.02. The Morgan fingerprint density at radius 2 is 2.21 bits per heavy atom. The van der Waals surface area contributed by atoms with Crippen LogP contribution in [0.15, 0.2) is 22.7 Å². The summed E-state index contributed by atoms with van der Waals surface area (Å²) in [6.45, 7) is 0.966. The van der Waals surface area contributed by atoms with Crippen LogP contribution in [0, 0.1) is 5.92 Å². The molecule has 0 bridgehead atoms. The first-order valence-corrected chi connectivity index (χ1v) is 6.74. The summed E-state index contributed by atoms with van der Waals surface area (Å²) >= 11 is 3.35. The molecule has 2 rings (SSSR count). The van der Waals surface area contributed by atoms with Crippen LogP contribution in [0.5, 0.6) is 5.75 Å². The van der Waals surface area contributed by atoms with Gasteiger partial charge in [-0.15, -0.1) is 0 Å². The Kier molecular flexibility index (Phi) is 4.09. The Bertz CT molecular complexity index is 519. The van der Waals surface area contributed by atoms with E-state index in [9.17, 15) is 9.59 Å². The molecule has 5 nitrogen and oxygen atoms in total. The lowest BCUT2D eigenvalue weighted by molar-refractivity contribution is -0.121. The molecule has 102 valence electrons. The van der Waals surface area contributed by atoms with Crippen molar-refractivity contribution < 1.29 is 14.3 Å². The second-order valence-electron chi connectivity index (χ2n) is 4.49. The molecule has 6 heteroatoms. The van der Waals surface area contributed by atoms with E-state index in [0.29, 0.717) is 30.8 Å². The molecule has 2 N–H and O–H groups in total. The Hall–Kier alpha value is -1.56. The number of methoxy groups -OCH3 is 1. The van der Waals surface area contributed by atoms with Gasteiger partial charge in [-0.3, -0.25) is 9.59 Å². The van der Waals surface area contributed by atoms with E-state index in [2.05, 4.69) is 15.9 Å². The van der Waals surface area contributed by atoms with Gasteiger partial charge in [-0.05, 0) is 40.5 Å². The van der Waals surface area contributed by atoms with Gasteiger partial charge in [0.1, 0.15) is 5.75 Å². The van der Waals surface area contributed by atoms with Crippen molar-refractivity contribution in [3.05, 3.63) is 28.2 Å². The normalized spacial score (nSPS) is 18.4. The minimum atomic E-state index is -0.341. The average molecular weight is 327 g/mol. The Morgan fingerprint density at radius 1 is 1.47 bits per heavy atom. The summed E-state index contributed by atoms with van der Waals surface area (Å²) < 4.78 is 5.85. The fourth-order valence-corrected chi connectivity index (χ4v) is 2.70. The lowest BCUT2D eigenvalue weighted by Crippen LogP contribution is -2.31. The number of benzene rings is 1. The number of carbonyl (C=O) groups excluding carboxylic acids is 2. The minimum absolute atomic E-state index is 0.0906. The molecule has 0 radical (unpaired) electrons. The Balaban J connectivity index is 2.12. The van der Waals surface area contributed by atoms with Crippen molar-refractivity contribution in [1.82, 2.24) is 4.90 Å². The summed E-state index contributed by atoms with van der Waals surface area (Å²) in [4.78, 5) is 25.0. The average Bonchev–Trinajstić information content (AvgIpc) is 2.87. The Labute approximate surface area is 119 Å². The monoisotopic (exact) mass is 326 g/mol. The molecule has 1 unspecified atom stereocenters. The first-order valence-electron chi connectivity index (χ1n) is 5.95. The molecule has 0 saturated carbocycles. The SMILES string of the molecule is COc1ccc(C(=O)N2CCC(C(N)=O)C2)cc1Br. The maximum absolute atomic E-state index is 12.3. The second kappa shape index (κ2) is 5.61. The fraction of sp³-hybridized carbons (Fsp3) is 0.385. The fourth-order valence-electron chi connectivity index (χ4n) is 2.16. The quantitative estimate of drug-likeness (QED) is 0.912. The van der Waals surface area contributed by atoms with E-state index < -0.39 is 0 Å². The van der Waals surface area contributed by atoms with Crippen molar-refractivity contribution >= 4 is 27.7 Å². The van der Waals surface area contributed by atoms with Crippen molar-refractivity contribution in [2.75, 3.05) is 20.2 Å². The highest BCUT2D eigenvalue weighted by molar-refractivity contribution is 9.10. The topological polar surface area (TPSA) is 72.6 Å². The van der Waals surface area contributed by atoms with Gasteiger partial charge in [-0.1, -0.05) is 0 Å². The van der Waals surface area contributed by atoms with Crippen LogP contribution in [-0.2, 0) is 4.79 Å². The van der Waals surface area contributed by atoms with Crippen LogP contribution in [0.2, 0.25) is 0 Å². The number of amides is 2. The van der Waals surface area contributed by atoms with Crippen LogP contribution in [0.4, 0.5) is 0 Å². The summed E-state index contributed by atoms with van der Waals surface area (Å²) in [5.41, 5.74) is 5.83. The lowest BCUT2D eigenvalue weighted by Gasteiger charge is -2.16. The van der Waals surface area contributed by atoms with Gasteiger partial charge in [0.2, 0.25) is 5.91 Å². The Morgan fingerprint density at radius 3 is 2.74 bits per heavy atom. The third-order valence-electron chi connectivity index (χ3n) is 3.28. The number of nitrogens with two attached hydrogens (primary N) is 1. The predicted molar refractivity (Wildman–Crippen MR) is 73.9 cm³/mol. The molecular weight excluding hydrogens is 312 g/mol. The van der Waals surface area contributed by atoms with E-state index in [0.717, 1.165) is 4.47 Å². The molecular formula is C13H15BrN2O3. The standard InChI is InChI=1S/C13H15BrN2O3/c1-19-11-3-2-8(6-10(11)14)13(18)16-5-4-9(7-16)12(15)17/h2-3,6,9H,4-5,7H2,1H3,(H2,15,17). The molecule has 1 atom stereocenters. The number of likely N-dealkylation sites (tertiary alicyclic amines) is 1. The highest BCUT2D eigenvalue weighted by Gasteiger charge is 2.30. The number of primary amides is 1. The van der Waals surface area contributed by atoms with Gasteiger partial charge in [0.25, 0.3) is 5.91 Å². The van der Waals surface area contributed by atoms with E-state index in [1.54, 1.807) is 30.2 Å². The van der Waals surface area contributed by atoms with E-state index >= 15 is 0 Å². The zero-order valence-electron chi connectivity index (χ0n) is 10.6. The number of carbonyl (C=O) groups is 2. The van der Waals surface area contributed by atoms with Crippen LogP contribution in [-0.4, -0.2) is 36.9 Å². The van der Waals surface area contributed by atoms with Gasteiger partial charge in [0, 0.05) is 18.7 Å². The number of halogens is 1. The highest BCUT2D eigenvalue weighted by atomic mass is 79.9. The number of hydrogen-bond acceptors (Lipinski definition) is 3. The van der Waals surface area contributed by atoms with E-state index in [1.807, 2.05) is 0 Å². The van der Waals surface area contributed by atoms with Crippen LogP contribution < -0.4 is 10.5 Å². The summed E-state index contributed by atoms with van der Waals surface area (Å²) in [6.07, 6.45) is 0.637. The van der Waals surface area contributed by atoms with Gasteiger partial charge < -0.3 is 15.4 Å². The summed E-state index contributed by atoms with van der Waals surface area (Å²) in [5, 5.41) is 0. The van der Waals surface area contributed by atoms with Crippen LogP contribution in [0.25, 0.3) is 0 Å². The van der Waals surface area contributed by atoms with Crippen molar-refractivity contribution in [3.8, 4) is 5.75 Å². The molecule has 0 spiro atoms. The largest absolute Gasteiger partial charge is 0.496 e. The van der Waals surface area contributed by atoms with Gasteiger partial charge in [0.05, 0.1) is 17.5 Å². The molecule has 1 aliphatic rings. The number of ether oxygens (including phenoxy) is 1. The van der Waals surface area contributed by atoms with Gasteiger partial charge in [-0.25, -0.2) is 0 Å². The van der Waals surface area contributed by atoms with Crippen LogP contribution in [0.3, 0.4) is 0 Å². The zero-order valence-corrected chi connectivity index (χ0v) is 12.1. The van der Waals surface area contributed by atoms with Crippen LogP contribution in [0.1, 0.15) is 16.8 Å². The van der Waals surface area contributed by atoms with Gasteiger partial charge >= 0.3 is 0 Å². The lowest BCUT2D eigenvalue weighted by atomic mass is 10.1. The molecule has 1 heterocycles. The first kappa shape index (κ1) is 13.9. The number of nitrogens with zero attached hydrogens (tertiary/aromatic N) is 1. The van der Waals surface area contributed by atoms with E-state index in [1.165, 1.54) is 0 Å². The third kappa shape index (κ3) is 2.89. The summed E-state index contributed by atoms with van der Waals surface area (Å²) in [5.74, 6) is 0.0111. The maximum Gasteiger partial charge on any atom is 0.253 e. The van der Waals surface area contributed by atoms with E-state index in [4.69, 9.17) is 10.5 Å². The zero-order chi connectivity index (χ0) is 14.0. The van der Waals surface area contributed by atoms with Gasteiger partial charge in [0.15, 0.2) is 0 Å². The molecule has 19 heavy (non-hydrogen) atoms. The molecule has 0 aromatic heterocycles. The van der Waals surface area contributed by atoms with Gasteiger partial charge in [-0.2, -0.15) is 0 Å². The molecule has 1 aromatic carbocycles. The van der Waals surface area contributed by atoms with Crippen LogP contribution >= 0.6 is 15.9 Å². The molecule has 1 aliphatic heterocycles. The number of hydrogen-bond donors (Lipinski definition) is 1. The van der Waals surface area contributed by atoms with Crippen molar-refractivity contribution in [2.24, 2.45) is 11.7 Å². The maximum atomic E-state index is 12.3. The summed E-state index contributed by atoms with van der Waals surface area (Å²) in [6, 6.07) is 5.17. The minimum Gasteiger partial charge on any atom is -0.496 e. The highest BCUT2D eigenvalue weighted by Crippen LogP contribution is 2.27. The predicted octanol–water partition coefficient (Wildman–Crippen LogP) is 1.41. The van der Waals surface area contributed by atoms with Crippen molar-refractivity contribution in [1.29, 1.82) is 0 Å². The third-order valence-corrected chi connectivity index (χ3v) is 3.90.